The van der Waals surface area contributed by atoms with Gasteiger partial charge in [0.1, 0.15) is 0 Å². The molecule has 0 aliphatic rings. The Balaban J connectivity index is 2.88. The third kappa shape index (κ3) is 6.24. The predicted octanol–water partition coefficient (Wildman–Crippen LogP) is 0.594. The predicted molar refractivity (Wildman–Crippen MR) is 41.4 cm³/mol. The van der Waals surface area contributed by atoms with Gasteiger partial charge in [0.2, 0.25) is 10.5 Å². The van der Waals surface area contributed by atoms with Gasteiger partial charge in [0, 0.05) is 0 Å². The van der Waals surface area contributed by atoms with E-state index in [4.69, 9.17) is 4.12 Å². The number of unbranched alkanes of at least 4 members (excludes halogenated alkanes) is 1. The summed E-state index contributed by atoms with van der Waals surface area (Å²) < 4.78 is 4.89. The molecule has 0 bridgehead atoms. The molecule has 9 heavy (non-hydrogen) atoms. The molecule has 0 amide bonds. The van der Waals surface area contributed by atoms with Crippen molar-refractivity contribution in [1.82, 2.24) is 4.98 Å². The van der Waals surface area contributed by atoms with Gasteiger partial charge in [-0.3, -0.25) is 0 Å². The van der Waals surface area contributed by atoms with E-state index in [1.54, 1.807) is 0 Å². The van der Waals surface area contributed by atoms with Crippen molar-refractivity contribution in [2.24, 2.45) is 0 Å². The second kappa shape index (κ2) is 6.47. The summed E-state index contributed by atoms with van der Waals surface area (Å²) in [6.45, 7) is 5.32. The van der Waals surface area contributed by atoms with Gasteiger partial charge in [0.15, 0.2) is 0 Å². The van der Waals surface area contributed by atoms with Gasteiger partial charge in [-0.05, 0) is 19.5 Å². The van der Waals surface area contributed by atoms with E-state index in [9.17, 15) is 0 Å². The van der Waals surface area contributed by atoms with Crippen LogP contribution in [-0.2, 0) is 4.12 Å². The van der Waals surface area contributed by atoms with Crippen LogP contribution < -0.4 is 4.98 Å². The quantitative estimate of drug-likeness (QED) is 0.468. The molecule has 0 unspecified atom stereocenters. The highest BCUT2D eigenvalue weighted by Gasteiger charge is 1.99. The summed E-state index contributed by atoms with van der Waals surface area (Å²) in [5.41, 5.74) is 0. The Morgan fingerprint density at radius 3 is 2.78 bits per heavy atom. The Bertz CT molecular complexity index is 62.9. The van der Waals surface area contributed by atoms with Crippen molar-refractivity contribution in [3.63, 3.8) is 0 Å². The van der Waals surface area contributed by atoms with Crippen LogP contribution in [0.15, 0.2) is 0 Å². The summed E-state index contributed by atoms with van der Waals surface area (Å²) in [6, 6.07) is 0. The highest BCUT2D eigenvalue weighted by molar-refractivity contribution is 6.51. The maximum atomic E-state index is 4.89. The Kier molecular flexibility index (Phi) is 6.73. The second-order valence-corrected chi connectivity index (χ2v) is 4.22. The van der Waals surface area contributed by atoms with Crippen molar-refractivity contribution in [1.29, 1.82) is 0 Å². The van der Waals surface area contributed by atoms with Crippen LogP contribution in [0.4, 0.5) is 0 Å². The van der Waals surface area contributed by atoms with Crippen molar-refractivity contribution in [3.8, 4) is 0 Å². The molecule has 0 aromatic heterocycles. The van der Waals surface area contributed by atoms with E-state index in [1.807, 2.05) is 0 Å². The molecule has 0 atom stereocenters. The molecule has 0 saturated heterocycles. The van der Waals surface area contributed by atoms with Crippen LogP contribution in [-0.4, -0.2) is 26.2 Å². The van der Waals surface area contributed by atoms with Crippen LogP contribution in [0.25, 0.3) is 0 Å². The van der Waals surface area contributed by atoms with Crippen molar-refractivity contribution in [2.75, 3.05) is 6.54 Å². The Morgan fingerprint density at radius 2 is 2.33 bits per heavy atom. The minimum atomic E-state index is -0.738. The standard InChI is InChI=1S/C5H13NOSi2/c1-3-4-5-6-9(2)7-8/h6H,3-5H2,1-2H3. The summed E-state index contributed by atoms with van der Waals surface area (Å²) >= 11 is 0. The van der Waals surface area contributed by atoms with Gasteiger partial charge >= 0.3 is 0 Å². The zero-order chi connectivity index (χ0) is 7.11. The third-order valence-electron chi connectivity index (χ3n) is 1.06. The number of rotatable bonds is 5. The number of nitrogens with one attached hydrogen (secondary N) is 1. The fourth-order valence-electron chi connectivity index (χ4n) is 0.477. The average molecular weight is 159 g/mol. The SMILES string of the molecule is CCCCN[Si](C)O[Si]. The van der Waals surface area contributed by atoms with Crippen LogP contribution in [0, 0.1) is 0 Å². The lowest BCUT2D eigenvalue weighted by Crippen LogP contribution is -2.33. The molecular formula is C5H13NOSi2. The van der Waals surface area contributed by atoms with E-state index in [0.717, 1.165) is 6.54 Å². The first-order valence-corrected chi connectivity index (χ1v) is 5.54. The molecule has 0 saturated carbocycles. The molecule has 0 heterocycles. The van der Waals surface area contributed by atoms with Gasteiger partial charge in [-0.15, -0.1) is 0 Å². The minimum absolute atomic E-state index is 0.738. The molecule has 4 radical (unpaired) electrons. The monoisotopic (exact) mass is 159 g/mol. The first-order valence-electron chi connectivity index (χ1n) is 3.22. The van der Waals surface area contributed by atoms with E-state index in [1.165, 1.54) is 12.8 Å². The van der Waals surface area contributed by atoms with Gasteiger partial charge in [0.05, 0.1) is 0 Å². The second-order valence-electron chi connectivity index (χ2n) is 1.94. The van der Waals surface area contributed by atoms with Crippen LogP contribution in [0.5, 0.6) is 0 Å². The fraction of sp³-hybridized carbons (Fsp3) is 1.00. The van der Waals surface area contributed by atoms with Crippen molar-refractivity contribution >= 4 is 19.7 Å². The van der Waals surface area contributed by atoms with Gasteiger partial charge in [-0.2, -0.15) is 0 Å². The van der Waals surface area contributed by atoms with E-state index in [0.29, 0.717) is 0 Å². The Morgan fingerprint density at radius 1 is 1.67 bits per heavy atom. The van der Waals surface area contributed by atoms with E-state index in [-0.39, 0.29) is 0 Å². The number of hydrogen-bond donors (Lipinski definition) is 1. The zero-order valence-electron chi connectivity index (χ0n) is 6.03. The highest BCUT2D eigenvalue weighted by atomic mass is 28.3. The molecule has 1 N–H and O–H groups in total. The smallest absolute Gasteiger partial charge is 0.288 e. The molecule has 0 aromatic carbocycles. The molecule has 2 nitrogen and oxygen atoms in total. The van der Waals surface area contributed by atoms with Crippen LogP contribution in [0.1, 0.15) is 19.8 Å². The molecular weight excluding hydrogens is 146 g/mol. The van der Waals surface area contributed by atoms with Gasteiger partial charge < -0.3 is 9.10 Å². The Hall–Kier alpha value is 0.354. The zero-order valence-corrected chi connectivity index (χ0v) is 8.03. The molecule has 0 spiro atoms. The lowest BCUT2D eigenvalue weighted by molar-refractivity contribution is 0.601. The summed E-state index contributed by atoms with van der Waals surface area (Å²) in [5, 5.41) is 0. The maximum Gasteiger partial charge on any atom is 0.288 e. The van der Waals surface area contributed by atoms with Gasteiger partial charge in [-0.1, -0.05) is 13.3 Å². The van der Waals surface area contributed by atoms with Crippen LogP contribution in [0.3, 0.4) is 0 Å². The fourth-order valence-corrected chi connectivity index (χ4v) is 1.29. The number of hydrogen-bond acceptors (Lipinski definition) is 2. The molecule has 4 heteroatoms. The van der Waals surface area contributed by atoms with Crippen LogP contribution >= 0.6 is 0 Å². The average Bonchev–Trinajstić information content (AvgIpc) is 1.89. The summed E-state index contributed by atoms with van der Waals surface area (Å²) in [4.78, 5) is 3.26. The molecule has 0 aliphatic carbocycles. The normalized spacial score (nSPS) is 10.7. The van der Waals surface area contributed by atoms with Gasteiger partial charge in [-0.25, -0.2) is 0 Å². The first-order chi connectivity index (χ1) is 4.31. The topological polar surface area (TPSA) is 21.3 Å². The van der Waals surface area contributed by atoms with Crippen molar-refractivity contribution in [3.05, 3.63) is 0 Å². The lowest BCUT2D eigenvalue weighted by atomic mass is 10.3. The van der Waals surface area contributed by atoms with Crippen molar-refractivity contribution < 1.29 is 4.12 Å². The lowest BCUT2D eigenvalue weighted by Gasteiger charge is -2.06. The minimum Gasteiger partial charge on any atom is -0.445 e. The summed E-state index contributed by atoms with van der Waals surface area (Å²) in [6.07, 6.45) is 2.47. The molecule has 0 aliphatic heterocycles. The molecule has 0 rings (SSSR count). The first kappa shape index (κ1) is 9.35. The maximum absolute atomic E-state index is 4.89. The molecule has 0 fully saturated rings. The summed E-state index contributed by atoms with van der Waals surface area (Å²) in [7, 11) is 2.26. The molecule has 0 aromatic rings. The van der Waals surface area contributed by atoms with Crippen molar-refractivity contribution in [2.45, 2.75) is 26.3 Å². The highest BCUT2D eigenvalue weighted by Crippen LogP contribution is 1.83. The van der Waals surface area contributed by atoms with E-state index >= 15 is 0 Å². The third-order valence-corrected chi connectivity index (χ3v) is 3.03. The Labute approximate surface area is 62.3 Å². The molecule has 52 valence electrons. The van der Waals surface area contributed by atoms with Crippen LogP contribution in [0.2, 0.25) is 6.55 Å². The van der Waals surface area contributed by atoms with E-state index < -0.39 is 9.20 Å². The summed E-state index contributed by atoms with van der Waals surface area (Å²) in [5.74, 6) is 0. The largest absolute Gasteiger partial charge is 0.445 e. The van der Waals surface area contributed by atoms with E-state index in [2.05, 4.69) is 28.9 Å². The van der Waals surface area contributed by atoms with Gasteiger partial charge in [0.25, 0.3) is 9.20 Å².